The molecule has 96 valence electrons. The Bertz CT molecular complexity index is 545. The molecule has 0 fully saturated rings. The van der Waals surface area contributed by atoms with Crippen molar-refractivity contribution < 1.29 is 9.21 Å². The molecule has 0 aliphatic rings. The number of hydrogen-bond donors (Lipinski definition) is 2. The highest BCUT2D eigenvalue weighted by atomic mass is 16.3. The molecule has 1 unspecified atom stereocenters. The molecular formula is C14H18N2O2. The number of carbonyl (C=O) groups excluding carboxylic acids is 1. The standard InChI is InChI=1S/C14H18N2O2/c1-9(2)11(7-15)14(17)16-12-8-18-13-6-4-3-5-10(12)13/h3-6,8-9,11H,7,15H2,1-2H3,(H,16,17). The molecule has 3 N–H and O–H groups in total. The van der Waals surface area contributed by atoms with E-state index in [1.807, 2.05) is 38.1 Å². The number of anilines is 1. The first kappa shape index (κ1) is 12.6. The Morgan fingerprint density at radius 1 is 1.39 bits per heavy atom. The maximum Gasteiger partial charge on any atom is 0.229 e. The zero-order valence-corrected chi connectivity index (χ0v) is 10.6. The zero-order valence-electron chi connectivity index (χ0n) is 10.6. The second kappa shape index (κ2) is 5.23. The Balaban J connectivity index is 2.21. The average Bonchev–Trinajstić information content (AvgIpc) is 2.73. The van der Waals surface area contributed by atoms with Gasteiger partial charge in [-0.3, -0.25) is 4.79 Å². The highest BCUT2D eigenvalue weighted by molar-refractivity contribution is 6.01. The summed E-state index contributed by atoms with van der Waals surface area (Å²) in [6.45, 7) is 4.33. The summed E-state index contributed by atoms with van der Waals surface area (Å²) in [5.41, 5.74) is 7.10. The molecule has 0 aliphatic carbocycles. The molecule has 0 radical (unpaired) electrons. The van der Waals surface area contributed by atoms with Crippen molar-refractivity contribution in [3.63, 3.8) is 0 Å². The van der Waals surface area contributed by atoms with Crippen molar-refractivity contribution in [3.8, 4) is 0 Å². The average molecular weight is 246 g/mol. The van der Waals surface area contributed by atoms with Crippen molar-refractivity contribution >= 4 is 22.6 Å². The summed E-state index contributed by atoms with van der Waals surface area (Å²) >= 11 is 0. The first-order valence-electron chi connectivity index (χ1n) is 6.10. The Morgan fingerprint density at radius 3 is 2.78 bits per heavy atom. The number of nitrogens with one attached hydrogen (secondary N) is 1. The van der Waals surface area contributed by atoms with E-state index in [1.54, 1.807) is 6.26 Å². The third kappa shape index (κ3) is 2.38. The summed E-state index contributed by atoms with van der Waals surface area (Å²) < 4.78 is 5.38. The van der Waals surface area contributed by atoms with E-state index in [1.165, 1.54) is 0 Å². The molecule has 0 aliphatic heterocycles. The zero-order chi connectivity index (χ0) is 13.1. The first-order chi connectivity index (χ1) is 8.63. The molecule has 0 saturated carbocycles. The smallest absolute Gasteiger partial charge is 0.229 e. The number of nitrogens with two attached hydrogens (primary N) is 1. The molecule has 0 spiro atoms. The van der Waals surface area contributed by atoms with Gasteiger partial charge >= 0.3 is 0 Å². The fourth-order valence-electron chi connectivity index (χ4n) is 1.98. The third-order valence-corrected chi connectivity index (χ3v) is 3.13. The van der Waals surface area contributed by atoms with E-state index in [9.17, 15) is 4.79 Å². The number of furan rings is 1. The third-order valence-electron chi connectivity index (χ3n) is 3.13. The lowest BCUT2D eigenvalue weighted by Crippen LogP contribution is -2.32. The van der Waals surface area contributed by atoms with Gasteiger partial charge in [-0.25, -0.2) is 0 Å². The molecule has 1 amide bonds. The number of carbonyl (C=O) groups is 1. The molecule has 2 rings (SSSR count). The minimum Gasteiger partial charge on any atom is -0.462 e. The molecule has 18 heavy (non-hydrogen) atoms. The van der Waals surface area contributed by atoms with Crippen LogP contribution in [0.15, 0.2) is 34.9 Å². The number of para-hydroxylation sites is 1. The van der Waals surface area contributed by atoms with Crippen LogP contribution in [-0.2, 0) is 4.79 Å². The summed E-state index contributed by atoms with van der Waals surface area (Å²) in [5, 5.41) is 3.79. The Hall–Kier alpha value is -1.81. The molecular weight excluding hydrogens is 228 g/mol. The Labute approximate surface area is 106 Å². The summed E-state index contributed by atoms with van der Waals surface area (Å²) in [6, 6.07) is 7.60. The second-order valence-electron chi connectivity index (χ2n) is 4.72. The van der Waals surface area contributed by atoms with Crippen LogP contribution in [0.1, 0.15) is 13.8 Å². The predicted octanol–water partition coefficient (Wildman–Crippen LogP) is 2.60. The fraction of sp³-hybridized carbons (Fsp3) is 0.357. The number of fused-ring (bicyclic) bond motifs is 1. The van der Waals surface area contributed by atoms with E-state index < -0.39 is 0 Å². The fourth-order valence-corrected chi connectivity index (χ4v) is 1.98. The molecule has 1 aromatic heterocycles. The largest absolute Gasteiger partial charge is 0.462 e. The highest BCUT2D eigenvalue weighted by Crippen LogP contribution is 2.26. The van der Waals surface area contributed by atoms with Crippen LogP contribution in [0.25, 0.3) is 11.0 Å². The van der Waals surface area contributed by atoms with Crippen molar-refractivity contribution in [3.05, 3.63) is 30.5 Å². The van der Waals surface area contributed by atoms with E-state index in [2.05, 4.69) is 5.32 Å². The highest BCUT2D eigenvalue weighted by Gasteiger charge is 2.21. The lowest BCUT2D eigenvalue weighted by Gasteiger charge is -2.17. The van der Waals surface area contributed by atoms with Crippen molar-refractivity contribution in [2.24, 2.45) is 17.6 Å². The molecule has 0 saturated heterocycles. The number of rotatable bonds is 4. The van der Waals surface area contributed by atoms with Crippen LogP contribution in [0.3, 0.4) is 0 Å². The monoisotopic (exact) mass is 246 g/mol. The molecule has 0 bridgehead atoms. The van der Waals surface area contributed by atoms with Gasteiger partial charge in [-0.1, -0.05) is 26.0 Å². The molecule has 2 aromatic rings. The minimum atomic E-state index is -0.182. The van der Waals surface area contributed by atoms with Crippen LogP contribution in [0.2, 0.25) is 0 Å². The van der Waals surface area contributed by atoms with E-state index in [0.29, 0.717) is 12.2 Å². The Kier molecular flexibility index (Phi) is 3.67. The van der Waals surface area contributed by atoms with Gasteiger partial charge in [0.25, 0.3) is 0 Å². The maximum atomic E-state index is 12.1. The quantitative estimate of drug-likeness (QED) is 0.871. The van der Waals surface area contributed by atoms with Gasteiger partial charge < -0.3 is 15.5 Å². The van der Waals surface area contributed by atoms with Gasteiger partial charge in [0.05, 0.1) is 11.6 Å². The van der Waals surface area contributed by atoms with Gasteiger partial charge in [-0.15, -0.1) is 0 Å². The van der Waals surface area contributed by atoms with Crippen LogP contribution in [0.4, 0.5) is 5.69 Å². The van der Waals surface area contributed by atoms with Crippen molar-refractivity contribution in [2.45, 2.75) is 13.8 Å². The van der Waals surface area contributed by atoms with Crippen LogP contribution in [0.5, 0.6) is 0 Å². The Morgan fingerprint density at radius 2 is 2.11 bits per heavy atom. The van der Waals surface area contributed by atoms with Crippen LogP contribution >= 0.6 is 0 Å². The number of amides is 1. The SMILES string of the molecule is CC(C)C(CN)C(=O)Nc1coc2ccccc12. The summed E-state index contributed by atoms with van der Waals surface area (Å²) in [4.78, 5) is 12.1. The molecule has 4 heteroatoms. The van der Waals surface area contributed by atoms with Gasteiger partial charge in [-0.05, 0) is 18.1 Å². The second-order valence-corrected chi connectivity index (χ2v) is 4.72. The van der Waals surface area contributed by atoms with Crippen LogP contribution in [-0.4, -0.2) is 12.5 Å². The topological polar surface area (TPSA) is 68.3 Å². The maximum absolute atomic E-state index is 12.1. The summed E-state index contributed by atoms with van der Waals surface area (Å²) in [6.07, 6.45) is 1.57. The molecule has 1 heterocycles. The molecule has 1 aromatic carbocycles. The first-order valence-corrected chi connectivity index (χ1v) is 6.10. The van der Waals surface area contributed by atoms with Gasteiger partial charge in [0.2, 0.25) is 5.91 Å². The van der Waals surface area contributed by atoms with Crippen molar-refractivity contribution in [1.29, 1.82) is 0 Å². The lowest BCUT2D eigenvalue weighted by atomic mass is 9.95. The minimum absolute atomic E-state index is 0.0564. The van der Waals surface area contributed by atoms with E-state index in [0.717, 1.165) is 11.0 Å². The normalized spacial score (nSPS) is 12.9. The van der Waals surface area contributed by atoms with E-state index in [-0.39, 0.29) is 17.7 Å². The van der Waals surface area contributed by atoms with Gasteiger partial charge in [0, 0.05) is 11.9 Å². The van der Waals surface area contributed by atoms with Crippen LogP contribution < -0.4 is 11.1 Å². The van der Waals surface area contributed by atoms with E-state index in [4.69, 9.17) is 10.2 Å². The summed E-state index contributed by atoms with van der Waals surface area (Å²) in [7, 11) is 0. The van der Waals surface area contributed by atoms with Crippen LogP contribution in [0, 0.1) is 11.8 Å². The molecule has 4 nitrogen and oxygen atoms in total. The predicted molar refractivity (Wildman–Crippen MR) is 72.2 cm³/mol. The van der Waals surface area contributed by atoms with E-state index >= 15 is 0 Å². The van der Waals surface area contributed by atoms with Gasteiger partial charge in [-0.2, -0.15) is 0 Å². The number of hydrogen-bond acceptors (Lipinski definition) is 3. The number of benzene rings is 1. The van der Waals surface area contributed by atoms with Gasteiger partial charge in [0.15, 0.2) is 0 Å². The van der Waals surface area contributed by atoms with Crippen molar-refractivity contribution in [2.75, 3.05) is 11.9 Å². The van der Waals surface area contributed by atoms with Gasteiger partial charge in [0.1, 0.15) is 11.8 Å². The lowest BCUT2D eigenvalue weighted by molar-refractivity contribution is -0.120. The summed E-state index contributed by atoms with van der Waals surface area (Å²) in [5.74, 6) is -0.0223. The van der Waals surface area contributed by atoms with Crippen molar-refractivity contribution in [1.82, 2.24) is 0 Å². The molecule has 1 atom stereocenters.